The molecule has 0 radical (unpaired) electrons. The van der Waals surface area contributed by atoms with Crippen molar-refractivity contribution in [2.75, 3.05) is 0 Å². The maximum atomic E-state index is 13.5. The summed E-state index contributed by atoms with van der Waals surface area (Å²) in [5, 5.41) is 11.1. The number of rotatable bonds is 4. The fourth-order valence-electron chi connectivity index (χ4n) is 1.86. The van der Waals surface area contributed by atoms with Gasteiger partial charge in [-0.2, -0.15) is 0 Å². The molecule has 0 unspecified atom stereocenters. The Balaban J connectivity index is 1.87. The molecule has 0 aliphatic rings. The molecule has 0 aliphatic heterocycles. The van der Waals surface area contributed by atoms with Gasteiger partial charge >= 0.3 is 0 Å². The third-order valence-corrected chi connectivity index (χ3v) is 2.89. The molecule has 0 fully saturated rings. The minimum absolute atomic E-state index is 0.00729. The summed E-state index contributed by atoms with van der Waals surface area (Å²) in [5.74, 6) is 5.34. The molecule has 0 aliphatic carbocycles. The minimum Gasteiger partial charge on any atom is -0.411 e. The largest absolute Gasteiger partial charge is 0.411 e. The van der Waals surface area contributed by atoms with E-state index >= 15 is 0 Å². The van der Waals surface area contributed by atoms with Gasteiger partial charge < -0.3 is 5.21 Å². The highest BCUT2D eigenvalue weighted by molar-refractivity contribution is 5.76. The van der Waals surface area contributed by atoms with Crippen molar-refractivity contribution >= 4 is 6.21 Å². The number of oxime groups is 1. The molecule has 0 amide bonds. The van der Waals surface area contributed by atoms with Crippen LogP contribution in [0.4, 0.5) is 4.39 Å². The number of pyridine rings is 1. The average Bonchev–Trinajstić information content (AvgIpc) is 2.51. The van der Waals surface area contributed by atoms with Crippen LogP contribution < -0.4 is 0 Å². The summed E-state index contributed by atoms with van der Waals surface area (Å²) in [7, 11) is 0. The van der Waals surface area contributed by atoms with E-state index in [1.165, 1.54) is 17.8 Å². The van der Waals surface area contributed by atoms with E-state index in [-0.39, 0.29) is 5.69 Å². The van der Waals surface area contributed by atoms with Gasteiger partial charge in [0.05, 0.1) is 6.21 Å². The molecule has 2 aromatic rings. The van der Waals surface area contributed by atoms with Crippen LogP contribution in [0.25, 0.3) is 0 Å². The molecule has 0 spiro atoms. The van der Waals surface area contributed by atoms with Gasteiger partial charge in [-0.05, 0) is 24.5 Å². The van der Waals surface area contributed by atoms with Crippen LogP contribution in [0.5, 0.6) is 0 Å². The molecule has 106 valence electrons. The topological polar surface area (TPSA) is 45.5 Å². The van der Waals surface area contributed by atoms with Crippen molar-refractivity contribution in [2.45, 2.75) is 19.3 Å². The second-order valence-electron chi connectivity index (χ2n) is 4.48. The van der Waals surface area contributed by atoms with Gasteiger partial charge in [-0.15, -0.1) is 0 Å². The van der Waals surface area contributed by atoms with E-state index in [1.54, 1.807) is 0 Å². The average molecular weight is 282 g/mol. The highest BCUT2D eigenvalue weighted by Gasteiger charge is 2.01. The molecule has 0 atom stereocenters. The van der Waals surface area contributed by atoms with Crippen molar-refractivity contribution in [1.82, 2.24) is 4.98 Å². The van der Waals surface area contributed by atoms with Gasteiger partial charge in [0, 0.05) is 18.2 Å². The number of nitrogens with zero attached hydrogens (tertiary/aromatic N) is 2. The van der Waals surface area contributed by atoms with Crippen LogP contribution in [0.15, 0.2) is 47.8 Å². The third-order valence-electron chi connectivity index (χ3n) is 2.89. The second-order valence-corrected chi connectivity index (χ2v) is 4.48. The van der Waals surface area contributed by atoms with Crippen LogP contribution in [0.2, 0.25) is 0 Å². The van der Waals surface area contributed by atoms with Crippen molar-refractivity contribution in [3.05, 3.63) is 65.2 Å². The van der Waals surface area contributed by atoms with Crippen LogP contribution in [-0.2, 0) is 6.42 Å². The quantitative estimate of drug-likeness (QED) is 0.307. The normalized spacial score (nSPS) is 10.3. The molecule has 0 saturated heterocycles. The van der Waals surface area contributed by atoms with E-state index < -0.39 is 5.82 Å². The lowest BCUT2D eigenvalue weighted by atomic mass is 10.1. The zero-order chi connectivity index (χ0) is 14.9. The van der Waals surface area contributed by atoms with Crippen LogP contribution in [0, 0.1) is 17.7 Å². The molecule has 21 heavy (non-hydrogen) atoms. The Labute approximate surface area is 123 Å². The first-order valence-electron chi connectivity index (χ1n) is 6.65. The van der Waals surface area contributed by atoms with Gasteiger partial charge in [0.15, 0.2) is 5.82 Å². The van der Waals surface area contributed by atoms with Gasteiger partial charge in [0.1, 0.15) is 5.69 Å². The summed E-state index contributed by atoms with van der Waals surface area (Å²) < 4.78 is 13.5. The molecule has 1 heterocycles. The summed E-state index contributed by atoms with van der Waals surface area (Å²) in [6, 6.07) is 11.5. The molecule has 2 rings (SSSR count). The maximum absolute atomic E-state index is 13.5. The van der Waals surface area contributed by atoms with Crippen molar-refractivity contribution in [3.63, 3.8) is 0 Å². The number of halogens is 1. The predicted molar refractivity (Wildman–Crippen MR) is 79.8 cm³/mol. The summed E-state index contributed by atoms with van der Waals surface area (Å²) in [5.41, 5.74) is 1.80. The van der Waals surface area contributed by atoms with E-state index in [0.717, 1.165) is 25.5 Å². The Kier molecular flexibility index (Phi) is 5.48. The van der Waals surface area contributed by atoms with Crippen molar-refractivity contribution < 1.29 is 9.60 Å². The van der Waals surface area contributed by atoms with Gasteiger partial charge in [0.2, 0.25) is 0 Å². The van der Waals surface area contributed by atoms with Gasteiger partial charge in [-0.1, -0.05) is 47.3 Å². The maximum Gasteiger partial charge on any atom is 0.151 e. The van der Waals surface area contributed by atoms with Crippen LogP contribution in [0.3, 0.4) is 0 Å². The Morgan fingerprint density at radius 1 is 1.29 bits per heavy atom. The Morgan fingerprint density at radius 2 is 2.10 bits per heavy atom. The van der Waals surface area contributed by atoms with Crippen molar-refractivity contribution in [3.8, 4) is 11.8 Å². The van der Waals surface area contributed by atoms with Gasteiger partial charge in [0.25, 0.3) is 0 Å². The molecule has 1 aromatic carbocycles. The second kappa shape index (κ2) is 7.81. The van der Waals surface area contributed by atoms with Crippen LogP contribution in [0.1, 0.15) is 29.7 Å². The monoisotopic (exact) mass is 282 g/mol. The summed E-state index contributed by atoms with van der Waals surface area (Å²) in [6.45, 7) is 0. The Hall–Kier alpha value is -2.67. The first-order chi connectivity index (χ1) is 10.3. The number of hydrogen-bond acceptors (Lipinski definition) is 3. The standard InChI is InChI=1S/C17H15FN2O/c18-16-11-15(12-19-17(16)13-20-21)10-6-2-5-9-14-7-3-1-4-8-14/h1,3-4,7-8,11-13,21H,2,5,9H2/b20-13+. The first kappa shape index (κ1) is 14.7. The minimum atomic E-state index is -0.552. The fourth-order valence-corrected chi connectivity index (χ4v) is 1.86. The highest BCUT2D eigenvalue weighted by Crippen LogP contribution is 2.06. The number of unbranched alkanes of at least 4 members (excludes halogenated alkanes) is 1. The predicted octanol–water partition coefficient (Wildman–Crippen LogP) is 3.40. The third kappa shape index (κ3) is 4.73. The van der Waals surface area contributed by atoms with Crippen LogP contribution in [-0.4, -0.2) is 16.4 Å². The number of aromatic nitrogens is 1. The smallest absolute Gasteiger partial charge is 0.151 e. The molecule has 1 aromatic heterocycles. The van der Waals surface area contributed by atoms with Crippen LogP contribution >= 0.6 is 0 Å². The molecule has 1 N–H and O–H groups in total. The van der Waals surface area contributed by atoms with E-state index in [0.29, 0.717) is 5.56 Å². The number of benzene rings is 1. The van der Waals surface area contributed by atoms with E-state index in [1.807, 2.05) is 18.2 Å². The van der Waals surface area contributed by atoms with Crippen molar-refractivity contribution in [1.29, 1.82) is 0 Å². The van der Waals surface area contributed by atoms with E-state index in [9.17, 15) is 4.39 Å². The van der Waals surface area contributed by atoms with Crippen molar-refractivity contribution in [2.24, 2.45) is 5.16 Å². The molecule has 0 saturated carbocycles. The number of hydrogen-bond donors (Lipinski definition) is 1. The zero-order valence-electron chi connectivity index (χ0n) is 11.5. The lowest BCUT2D eigenvalue weighted by Gasteiger charge is -1.97. The van der Waals surface area contributed by atoms with Gasteiger partial charge in [-0.25, -0.2) is 4.39 Å². The fraction of sp³-hybridized carbons (Fsp3) is 0.176. The Bertz CT molecular complexity index is 672. The Morgan fingerprint density at radius 3 is 2.81 bits per heavy atom. The van der Waals surface area contributed by atoms with Gasteiger partial charge in [-0.3, -0.25) is 4.98 Å². The summed E-state index contributed by atoms with van der Waals surface area (Å²) >= 11 is 0. The van der Waals surface area contributed by atoms with E-state index in [2.05, 4.69) is 34.1 Å². The lowest BCUT2D eigenvalue weighted by molar-refractivity contribution is 0.321. The molecular formula is C17H15FN2O. The molecular weight excluding hydrogens is 267 g/mol. The molecule has 0 bridgehead atoms. The summed E-state index contributed by atoms with van der Waals surface area (Å²) in [6.07, 6.45) is 5.10. The van der Waals surface area contributed by atoms with E-state index in [4.69, 9.17) is 5.21 Å². The highest BCUT2D eigenvalue weighted by atomic mass is 19.1. The molecule has 4 heteroatoms. The first-order valence-corrected chi connectivity index (χ1v) is 6.65. The SMILES string of the molecule is O/N=C/c1ncc(C#CCCCc2ccccc2)cc1F. The summed E-state index contributed by atoms with van der Waals surface area (Å²) in [4.78, 5) is 3.83. The number of aryl methyl sites for hydroxylation is 1. The lowest BCUT2D eigenvalue weighted by Crippen LogP contribution is -1.94. The molecule has 3 nitrogen and oxygen atoms in total. The zero-order valence-corrected chi connectivity index (χ0v) is 11.5.